The van der Waals surface area contributed by atoms with E-state index < -0.39 is 0 Å². The zero-order valence-corrected chi connectivity index (χ0v) is 7.44. The molecule has 0 atom stereocenters. The smallest absolute Gasteiger partial charge is 0.273 e. The maximum absolute atomic E-state index is 2.99. The zero-order valence-electron chi connectivity index (χ0n) is 6.26. The summed E-state index contributed by atoms with van der Waals surface area (Å²) in [5.74, 6) is 0. The minimum Gasteiger partial charge on any atom is -0.273 e. The van der Waals surface area contributed by atoms with Gasteiger partial charge in [-0.25, -0.2) is 24.3 Å². The van der Waals surface area contributed by atoms with Gasteiger partial charge in [0.1, 0.15) is 0 Å². The molecule has 11 heavy (non-hydrogen) atoms. The molecule has 0 amide bonds. The Bertz CT molecular complexity index is 143. The predicted octanol–water partition coefficient (Wildman–Crippen LogP) is 2.61. The van der Waals surface area contributed by atoms with Crippen molar-refractivity contribution in [3.05, 3.63) is 48.6 Å². The Balaban J connectivity index is 0.000000167. The first-order chi connectivity index (χ1) is 5.00. The van der Waals surface area contributed by atoms with Crippen molar-refractivity contribution in [2.75, 3.05) is 0 Å². The van der Waals surface area contributed by atoms with Crippen LogP contribution in [0.3, 0.4) is 0 Å². The maximum atomic E-state index is 2.99. The minimum atomic E-state index is 0. The fourth-order valence-electron chi connectivity index (χ4n) is 0.680. The summed E-state index contributed by atoms with van der Waals surface area (Å²) in [4.78, 5) is 0. The van der Waals surface area contributed by atoms with E-state index in [1.807, 2.05) is 24.3 Å². The summed E-state index contributed by atoms with van der Waals surface area (Å²) in [5, 5.41) is 0. The predicted molar refractivity (Wildman–Crippen MR) is 43.1 cm³/mol. The Morgan fingerprint density at radius 1 is 0.818 bits per heavy atom. The minimum absolute atomic E-state index is 0. The topological polar surface area (TPSA) is 0 Å². The number of hydrogen-bond donors (Lipinski definition) is 0. The monoisotopic (exact) mass is 185 g/mol. The summed E-state index contributed by atoms with van der Waals surface area (Å²) < 4.78 is 0. The van der Waals surface area contributed by atoms with Gasteiger partial charge in [0, 0.05) is 0 Å². The van der Waals surface area contributed by atoms with E-state index in [1.54, 1.807) is 0 Å². The average Bonchev–Trinajstić information content (AvgIpc) is 2.67. The average molecular weight is 185 g/mol. The van der Waals surface area contributed by atoms with Crippen LogP contribution in [0.1, 0.15) is 12.8 Å². The van der Waals surface area contributed by atoms with Crippen LogP contribution >= 0.6 is 0 Å². The van der Waals surface area contributed by atoms with Gasteiger partial charge in [0.2, 0.25) is 0 Å². The van der Waals surface area contributed by atoms with E-state index in [0.717, 1.165) is 12.8 Å². The van der Waals surface area contributed by atoms with Crippen LogP contribution in [0, 0.1) is 12.2 Å². The molecule has 0 aromatic heterocycles. The van der Waals surface area contributed by atoms with Crippen LogP contribution in [0.15, 0.2) is 36.5 Å². The van der Waals surface area contributed by atoms with Gasteiger partial charge in [-0.1, -0.05) is 0 Å². The van der Waals surface area contributed by atoms with E-state index in [2.05, 4.69) is 24.3 Å². The summed E-state index contributed by atoms with van der Waals surface area (Å²) >= 11 is 0. The first-order valence-corrected chi connectivity index (χ1v) is 3.43. The molecule has 2 aliphatic rings. The van der Waals surface area contributed by atoms with Crippen LogP contribution in [0.5, 0.6) is 0 Å². The van der Waals surface area contributed by atoms with Crippen molar-refractivity contribution >= 4 is 0 Å². The molecule has 2 rings (SSSR count). The molecule has 1 heteroatoms. The summed E-state index contributed by atoms with van der Waals surface area (Å²) in [5.41, 5.74) is 0. The molecule has 2 aliphatic carbocycles. The van der Waals surface area contributed by atoms with Crippen LogP contribution in [0.2, 0.25) is 0 Å². The van der Waals surface area contributed by atoms with E-state index in [1.165, 1.54) is 0 Å². The van der Waals surface area contributed by atoms with Gasteiger partial charge in [0.25, 0.3) is 0 Å². The second kappa shape index (κ2) is 7.58. The molecule has 57 valence electrons. The van der Waals surface area contributed by atoms with Gasteiger partial charge in [0.05, 0.1) is 0 Å². The molecule has 0 fully saturated rings. The van der Waals surface area contributed by atoms with Gasteiger partial charge >= 0.3 is 17.1 Å². The van der Waals surface area contributed by atoms with Gasteiger partial charge < -0.3 is 0 Å². The number of rotatable bonds is 0. The van der Waals surface area contributed by atoms with Gasteiger partial charge in [0.15, 0.2) is 0 Å². The third kappa shape index (κ3) is 5.90. The van der Waals surface area contributed by atoms with E-state index in [9.17, 15) is 0 Å². The summed E-state index contributed by atoms with van der Waals surface area (Å²) in [6, 6.07) is 0. The molecule has 1 radical (unpaired) electrons. The second-order valence-corrected chi connectivity index (χ2v) is 2.01. The van der Waals surface area contributed by atoms with Crippen molar-refractivity contribution in [2.24, 2.45) is 0 Å². The quantitative estimate of drug-likeness (QED) is 0.402. The first-order valence-electron chi connectivity index (χ1n) is 3.43. The molecule has 0 nitrogen and oxygen atoms in total. The Hall–Kier alpha value is -0.521. The van der Waals surface area contributed by atoms with Gasteiger partial charge in [-0.3, -0.25) is 12.2 Å². The SMILES string of the molecule is [C-]1=CC=CC1.[C-]1=CC=CC1.[Mn+2]. The number of hydrogen-bond acceptors (Lipinski definition) is 0. The van der Waals surface area contributed by atoms with Crippen molar-refractivity contribution in [2.45, 2.75) is 12.8 Å². The second-order valence-electron chi connectivity index (χ2n) is 2.01. The third-order valence-corrected chi connectivity index (χ3v) is 1.17. The van der Waals surface area contributed by atoms with E-state index >= 15 is 0 Å². The summed E-state index contributed by atoms with van der Waals surface area (Å²) in [6.07, 6.45) is 20.0. The first kappa shape index (κ1) is 10.5. The summed E-state index contributed by atoms with van der Waals surface area (Å²) in [7, 11) is 0. The molecule has 0 saturated heterocycles. The molecule has 0 spiro atoms. The van der Waals surface area contributed by atoms with E-state index in [0.29, 0.717) is 0 Å². The van der Waals surface area contributed by atoms with Gasteiger partial charge in [-0.2, -0.15) is 12.2 Å². The zero-order chi connectivity index (χ0) is 7.07. The Labute approximate surface area is 78.9 Å². The molecule has 0 aromatic rings. The van der Waals surface area contributed by atoms with Crippen LogP contribution in [-0.2, 0) is 17.1 Å². The molecular formula is C10H10Mn. The standard InChI is InChI=1S/2C5H5.Mn/c2*1-2-4-5-3-1;/h2*1-3H,4H2;/q2*-1;+2. The Morgan fingerprint density at radius 2 is 1.27 bits per heavy atom. The van der Waals surface area contributed by atoms with Gasteiger partial charge in [-0.15, -0.1) is 12.8 Å². The largest absolute Gasteiger partial charge is 2.00 e. The van der Waals surface area contributed by atoms with Crippen LogP contribution < -0.4 is 0 Å². The molecule has 0 aliphatic heterocycles. The van der Waals surface area contributed by atoms with Crippen molar-refractivity contribution < 1.29 is 17.1 Å². The van der Waals surface area contributed by atoms with Crippen molar-refractivity contribution in [1.29, 1.82) is 0 Å². The van der Waals surface area contributed by atoms with Crippen molar-refractivity contribution in [3.63, 3.8) is 0 Å². The van der Waals surface area contributed by atoms with Crippen molar-refractivity contribution in [3.8, 4) is 0 Å². The van der Waals surface area contributed by atoms with Crippen LogP contribution in [0.25, 0.3) is 0 Å². The molecular weight excluding hydrogens is 175 g/mol. The third-order valence-electron chi connectivity index (χ3n) is 1.17. The number of allylic oxidation sites excluding steroid dienone is 8. The van der Waals surface area contributed by atoms with Crippen molar-refractivity contribution in [1.82, 2.24) is 0 Å². The van der Waals surface area contributed by atoms with Crippen LogP contribution in [0.4, 0.5) is 0 Å². The fraction of sp³-hybridized carbons (Fsp3) is 0.200. The maximum Gasteiger partial charge on any atom is 2.00 e. The molecule has 0 unspecified atom stereocenters. The van der Waals surface area contributed by atoms with Crippen LogP contribution in [-0.4, -0.2) is 0 Å². The van der Waals surface area contributed by atoms with Gasteiger partial charge in [-0.05, 0) is 0 Å². The van der Waals surface area contributed by atoms with E-state index in [-0.39, 0.29) is 17.1 Å². The Kier molecular flexibility index (Phi) is 7.23. The molecule has 0 saturated carbocycles. The normalized spacial score (nSPS) is 16.0. The molecule has 0 heterocycles. The Morgan fingerprint density at radius 3 is 1.36 bits per heavy atom. The molecule has 0 N–H and O–H groups in total. The molecule has 0 aromatic carbocycles. The molecule has 0 bridgehead atoms. The fourth-order valence-corrected chi connectivity index (χ4v) is 0.680. The van der Waals surface area contributed by atoms with E-state index in [4.69, 9.17) is 0 Å². The summed E-state index contributed by atoms with van der Waals surface area (Å²) in [6.45, 7) is 0.